The molecule has 0 saturated heterocycles. The Morgan fingerprint density at radius 2 is 0.679 bits per heavy atom. The molecule has 0 N–H and O–H groups in total. The molecule has 0 aliphatic rings. The number of halogens is 2. The molecule has 0 saturated carbocycles. The van der Waals surface area contributed by atoms with Crippen LogP contribution in [0.25, 0.3) is 22.8 Å². The number of pyridine rings is 4. The van der Waals surface area contributed by atoms with E-state index in [1.165, 1.54) is 0 Å². The fraction of sp³-hybridized carbons (Fsp3) is 0. The van der Waals surface area contributed by atoms with E-state index in [2.05, 4.69) is 40.1 Å². The predicted molar refractivity (Wildman–Crippen MR) is 97.7 cm³/mol. The van der Waals surface area contributed by atoms with Crippen molar-refractivity contribution in [2.45, 2.75) is 0 Å². The van der Waals surface area contributed by atoms with Crippen molar-refractivity contribution >= 4 is 0 Å². The second-order valence-corrected chi connectivity index (χ2v) is 6.72. The van der Waals surface area contributed by atoms with E-state index < -0.39 is 0 Å². The van der Waals surface area contributed by atoms with E-state index in [-0.39, 0.29) is 17.1 Å². The second kappa shape index (κ2) is 15.2. The van der Waals surface area contributed by atoms with Crippen molar-refractivity contribution in [3.05, 3.63) is 97.6 Å². The van der Waals surface area contributed by atoms with Crippen LogP contribution in [0.1, 0.15) is 0 Å². The first-order valence-corrected chi connectivity index (χ1v) is 10.6. The van der Waals surface area contributed by atoms with Gasteiger partial charge in [-0.25, -0.2) is 0 Å². The zero-order valence-electron chi connectivity index (χ0n) is 14.4. The van der Waals surface area contributed by atoms with Crippen molar-refractivity contribution < 1.29 is 50.4 Å². The molecule has 0 unspecified atom stereocenters. The SMILES string of the molecule is [ClH+][Cu][ClH+].[Cu].c1ccc(-c2ccccn2)nc1.c1ccc(-c2ccccn2)nc1. The van der Waals surface area contributed by atoms with E-state index in [0.717, 1.165) is 35.9 Å². The van der Waals surface area contributed by atoms with Crippen molar-refractivity contribution in [3.63, 3.8) is 0 Å². The van der Waals surface area contributed by atoms with Crippen LogP contribution in [0.2, 0.25) is 0 Å². The van der Waals surface area contributed by atoms with Crippen LogP contribution in [0.4, 0.5) is 0 Å². The minimum atomic E-state index is 0. The molecule has 1 radical (unpaired) electrons. The Morgan fingerprint density at radius 3 is 0.821 bits per heavy atom. The van der Waals surface area contributed by atoms with Gasteiger partial charge in [-0.2, -0.15) is 0 Å². The van der Waals surface area contributed by atoms with Crippen LogP contribution in [0.15, 0.2) is 97.6 Å². The summed E-state index contributed by atoms with van der Waals surface area (Å²) >= 11 is 0.979. The number of hydrogen-bond donors (Lipinski definition) is 0. The first-order chi connectivity index (χ1) is 13.3. The van der Waals surface area contributed by atoms with Crippen LogP contribution in [0.5, 0.6) is 0 Å². The fourth-order valence-corrected chi connectivity index (χ4v) is 2.06. The summed E-state index contributed by atoms with van der Waals surface area (Å²) in [6.45, 7) is 0. The van der Waals surface area contributed by atoms with Gasteiger partial charge in [0.2, 0.25) is 0 Å². The van der Waals surface area contributed by atoms with Gasteiger partial charge in [-0.05, 0) is 48.5 Å². The normalized spacial score (nSPS) is 9.07. The standard InChI is InChI=1S/2C10H8N2.2ClH.2Cu/c2*1-3-7-11-9(5-1)10-6-2-4-8-12-10;;;;/h2*1-8H;2*1H;;/q;;;;;+2. The number of nitrogens with zero attached hydrogens (tertiary/aromatic N) is 4. The third-order valence-electron chi connectivity index (χ3n) is 3.18. The number of aromatic nitrogens is 4. The summed E-state index contributed by atoms with van der Waals surface area (Å²) in [5.74, 6) is 0. The molecule has 0 spiro atoms. The van der Waals surface area contributed by atoms with E-state index in [9.17, 15) is 0 Å². The quantitative estimate of drug-likeness (QED) is 0.384. The van der Waals surface area contributed by atoms with Crippen molar-refractivity contribution in [3.8, 4) is 22.8 Å². The summed E-state index contributed by atoms with van der Waals surface area (Å²) in [6.07, 6.45) is 7.07. The fourth-order valence-electron chi connectivity index (χ4n) is 2.06. The topological polar surface area (TPSA) is 51.6 Å². The maximum absolute atomic E-state index is 4.19. The van der Waals surface area contributed by atoms with Crippen LogP contribution in [0, 0.1) is 20.2 Å². The maximum atomic E-state index is 4.19. The molecule has 0 aromatic carbocycles. The van der Waals surface area contributed by atoms with Crippen molar-refractivity contribution in [1.29, 1.82) is 0 Å². The molecule has 4 nitrogen and oxygen atoms in total. The molecule has 28 heavy (non-hydrogen) atoms. The average Bonchev–Trinajstić information content (AvgIpc) is 2.77. The molecular formula is C20H18Cl2Cu2N4+2. The van der Waals surface area contributed by atoms with Crippen molar-refractivity contribution in [2.75, 3.05) is 0 Å². The van der Waals surface area contributed by atoms with Gasteiger partial charge in [-0.1, -0.05) is 24.3 Å². The third kappa shape index (κ3) is 8.94. The molecule has 0 aliphatic carbocycles. The van der Waals surface area contributed by atoms with E-state index in [0.29, 0.717) is 0 Å². The third-order valence-corrected chi connectivity index (χ3v) is 3.18. The van der Waals surface area contributed by atoms with Crippen LogP contribution >= 0.6 is 0 Å². The van der Waals surface area contributed by atoms with E-state index in [1.54, 1.807) is 24.8 Å². The molecular weight excluding hydrogens is 494 g/mol. The van der Waals surface area contributed by atoms with Crippen LogP contribution in [0.3, 0.4) is 0 Å². The summed E-state index contributed by atoms with van der Waals surface area (Å²) in [5, 5.41) is 0. The Kier molecular flexibility index (Phi) is 13.1. The zero-order valence-corrected chi connectivity index (χ0v) is 18.0. The molecule has 0 aliphatic heterocycles. The minimum Gasteiger partial charge on any atom is -0.255 e. The summed E-state index contributed by atoms with van der Waals surface area (Å²) in [7, 11) is 8.23. The number of hydrogen-bond acceptors (Lipinski definition) is 4. The molecule has 152 valence electrons. The Bertz CT molecular complexity index is 721. The van der Waals surface area contributed by atoms with E-state index >= 15 is 0 Å². The second-order valence-electron chi connectivity index (χ2n) is 4.91. The zero-order chi connectivity index (χ0) is 19.2. The molecule has 4 aromatic heterocycles. The first-order valence-electron chi connectivity index (χ1n) is 7.83. The van der Waals surface area contributed by atoms with Gasteiger partial charge in [0.25, 0.3) is 0 Å². The summed E-state index contributed by atoms with van der Waals surface area (Å²) in [6, 6.07) is 23.2. The smallest absolute Gasteiger partial charge is 0.0886 e. The molecule has 8 heteroatoms. The van der Waals surface area contributed by atoms with Gasteiger partial charge in [0.15, 0.2) is 0 Å². The van der Waals surface area contributed by atoms with Crippen molar-refractivity contribution in [2.24, 2.45) is 0 Å². The molecule has 0 bridgehead atoms. The molecule has 4 heterocycles. The first kappa shape index (κ1) is 24.3. The Morgan fingerprint density at radius 1 is 0.464 bits per heavy atom. The van der Waals surface area contributed by atoms with E-state index in [1.807, 2.05) is 72.8 Å². The van der Waals surface area contributed by atoms with Crippen molar-refractivity contribution in [1.82, 2.24) is 19.9 Å². The average molecular weight is 512 g/mol. The van der Waals surface area contributed by atoms with E-state index in [4.69, 9.17) is 0 Å². The van der Waals surface area contributed by atoms with Gasteiger partial charge in [0, 0.05) is 41.9 Å². The monoisotopic (exact) mass is 510 g/mol. The minimum absolute atomic E-state index is 0. The Balaban J connectivity index is 0.000000239. The molecule has 0 fully saturated rings. The molecule has 4 aromatic rings. The summed E-state index contributed by atoms with van der Waals surface area (Å²) in [4.78, 5) is 16.7. The van der Waals surface area contributed by atoms with Gasteiger partial charge in [0.1, 0.15) is 0 Å². The number of rotatable bonds is 2. The predicted octanol–water partition coefficient (Wildman–Crippen LogP) is 3.75. The summed E-state index contributed by atoms with van der Waals surface area (Å²) in [5.41, 5.74) is 3.66. The maximum Gasteiger partial charge on any atom is 0.0886 e. The van der Waals surface area contributed by atoms with Gasteiger partial charge in [-0.15, -0.1) is 0 Å². The van der Waals surface area contributed by atoms with Crippen LogP contribution in [-0.4, -0.2) is 19.9 Å². The van der Waals surface area contributed by atoms with Gasteiger partial charge in [0.05, 0.1) is 22.8 Å². The Hall–Kier alpha value is -1.78. The van der Waals surface area contributed by atoms with Gasteiger partial charge >= 0.3 is 33.3 Å². The molecule has 0 amide bonds. The van der Waals surface area contributed by atoms with Crippen LogP contribution in [-0.2, 0) is 30.2 Å². The molecule has 4 rings (SSSR count). The largest absolute Gasteiger partial charge is 0.255 e. The van der Waals surface area contributed by atoms with Gasteiger partial charge < -0.3 is 0 Å². The summed E-state index contributed by atoms with van der Waals surface area (Å²) < 4.78 is 0. The van der Waals surface area contributed by atoms with Crippen LogP contribution < -0.4 is 0 Å². The Labute approximate surface area is 189 Å². The molecule has 0 atom stereocenters. The van der Waals surface area contributed by atoms with Gasteiger partial charge in [-0.3, -0.25) is 19.9 Å².